The van der Waals surface area contributed by atoms with Gasteiger partial charge in [0.2, 0.25) is 0 Å². The molecule has 0 bridgehead atoms. The summed E-state index contributed by atoms with van der Waals surface area (Å²) in [6, 6.07) is 0.0939. The van der Waals surface area contributed by atoms with Crippen molar-refractivity contribution in [2.24, 2.45) is 22.6 Å². The van der Waals surface area contributed by atoms with Crippen molar-refractivity contribution < 1.29 is 18.9 Å². The molecule has 9 atom stereocenters. The highest BCUT2D eigenvalue weighted by molar-refractivity contribution is 4.87. The maximum absolute atomic E-state index is 6.88. The first kappa shape index (κ1) is 41.7. The zero-order chi connectivity index (χ0) is 32.8. The van der Waals surface area contributed by atoms with Gasteiger partial charge in [-0.1, -0.05) is 47.5 Å². The minimum absolute atomic E-state index is 0.0149. The first-order chi connectivity index (χ1) is 19.3. The fourth-order valence-corrected chi connectivity index (χ4v) is 6.27. The summed E-state index contributed by atoms with van der Waals surface area (Å²) in [6.45, 7) is 29.3. The zero-order valence-electron chi connectivity index (χ0n) is 30.4. The van der Waals surface area contributed by atoms with E-state index >= 15 is 0 Å². The molecule has 0 aromatic carbocycles. The molecule has 0 amide bonds. The van der Waals surface area contributed by atoms with Crippen LogP contribution < -0.4 is 17.2 Å². The summed E-state index contributed by atoms with van der Waals surface area (Å²) in [7, 11) is 0. The highest BCUT2D eigenvalue weighted by Gasteiger charge is 2.38. The molecule has 0 aliphatic rings. The van der Waals surface area contributed by atoms with Gasteiger partial charge in [0.15, 0.2) is 0 Å². The van der Waals surface area contributed by atoms with Gasteiger partial charge in [-0.2, -0.15) is 0 Å². The third-order valence-corrected chi connectivity index (χ3v) is 9.38. The molecule has 42 heavy (non-hydrogen) atoms. The SMILES string of the molecule is CCCCC(CC)(COC(C)(CC)CC(C)OC(C)(N)CC(C)N)COC(C)(CC)CC(C)OC(C)(CC)CC(C)N. The standard InChI is InChI=1S/C35H75N3O4/c1-14-19-20-35(18-5,26-40-32(11,16-3)24-30(9)42-34(13,38)22-28(7)37)25-39-31(10,15-2)23-29(8)41-33(12,17-4)21-27(6)36/h27-30H,14-26,36-38H2,1-13H3. The Labute approximate surface area is 262 Å². The van der Waals surface area contributed by atoms with Gasteiger partial charge in [-0.3, -0.25) is 0 Å². The topological polar surface area (TPSA) is 115 Å². The van der Waals surface area contributed by atoms with Crippen LogP contribution in [0.4, 0.5) is 0 Å². The summed E-state index contributed by atoms with van der Waals surface area (Å²) in [6.07, 6.45) is 10.2. The largest absolute Gasteiger partial charge is 0.375 e. The average Bonchev–Trinajstić information content (AvgIpc) is 2.86. The van der Waals surface area contributed by atoms with Crippen molar-refractivity contribution in [2.45, 2.75) is 207 Å². The van der Waals surface area contributed by atoms with Gasteiger partial charge in [0.05, 0.1) is 42.2 Å². The molecule has 0 rings (SSSR count). The van der Waals surface area contributed by atoms with E-state index in [2.05, 4.69) is 76.2 Å². The molecule has 0 aromatic rings. The molecule has 0 saturated heterocycles. The van der Waals surface area contributed by atoms with Crippen LogP contribution in [-0.2, 0) is 18.9 Å². The predicted octanol–water partition coefficient (Wildman–Crippen LogP) is 7.85. The van der Waals surface area contributed by atoms with E-state index in [0.29, 0.717) is 19.6 Å². The molecule has 0 spiro atoms. The fraction of sp³-hybridized carbons (Fsp3) is 1.00. The summed E-state index contributed by atoms with van der Waals surface area (Å²) >= 11 is 0. The Bertz CT molecular complexity index is 720. The van der Waals surface area contributed by atoms with Crippen LogP contribution in [0.2, 0.25) is 0 Å². The van der Waals surface area contributed by atoms with Crippen molar-refractivity contribution in [1.82, 2.24) is 0 Å². The van der Waals surface area contributed by atoms with Gasteiger partial charge in [-0.15, -0.1) is 0 Å². The molecular formula is C35H75N3O4. The van der Waals surface area contributed by atoms with Gasteiger partial charge in [-0.25, -0.2) is 0 Å². The smallest absolute Gasteiger partial charge is 0.115 e. The van der Waals surface area contributed by atoms with Gasteiger partial charge in [0.25, 0.3) is 0 Å². The minimum Gasteiger partial charge on any atom is -0.375 e. The Kier molecular flexibility index (Phi) is 18.5. The number of nitrogens with two attached hydrogens (primary N) is 3. The Morgan fingerprint density at radius 2 is 1.00 bits per heavy atom. The molecule has 0 heterocycles. The fourth-order valence-electron chi connectivity index (χ4n) is 6.27. The van der Waals surface area contributed by atoms with Crippen LogP contribution in [0.3, 0.4) is 0 Å². The highest BCUT2D eigenvalue weighted by Crippen LogP contribution is 2.37. The Balaban J connectivity index is 5.60. The van der Waals surface area contributed by atoms with Gasteiger partial charge in [0.1, 0.15) is 5.72 Å². The maximum atomic E-state index is 6.88. The normalized spacial score (nSPS) is 22.6. The number of hydrogen-bond donors (Lipinski definition) is 3. The molecule has 0 aromatic heterocycles. The summed E-state index contributed by atoms with van der Waals surface area (Å²) in [5.41, 5.74) is 16.9. The van der Waals surface area contributed by atoms with E-state index in [4.69, 9.17) is 36.1 Å². The number of ether oxygens (including phenoxy) is 4. The number of rotatable bonds is 25. The summed E-state index contributed by atoms with van der Waals surface area (Å²) in [5.74, 6) is 0. The molecule has 0 aliphatic carbocycles. The molecular weight excluding hydrogens is 526 g/mol. The molecule has 254 valence electrons. The third kappa shape index (κ3) is 16.2. The second-order valence-corrected chi connectivity index (χ2v) is 14.9. The van der Waals surface area contributed by atoms with Crippen molar-refractivity contribution in [3.8, 4) is 0 Å². The molecule has 9 unspecified atom stereocenters. The van der Waals surface area contributed by atoms with Crippen LogP contribution in [-0.4, -0.2) is 60.0 Å². The third-order valence-electron chi connectivity index (χ3n) is 9.38. The van der Waals surface area contributed by atoms with Crippen molar-refractivity contribution in [1.29, 1.82) is 0 Å². The molecule has 0 aliphatic heterocycles. The van der Waals surface area contributed by atoms with Crippen LogP contribution in [0, 0.1) is 5.41 Å². The molecule has 7 heteroatoms. The zero-order valence-corrected chi connectivity index (χ0v) is 30.4. The van der Waals surface area contributed by atoms with Crippen LogP contribution >= 0.6 is 0 Å². The second-order valence-electron chi connectivity index (χ2n) is 14.9. The monoisotopic (exact) mass is 602 g/mol. The van der Waals surface area contributed by atoms with Crippen molar-refractivity contribution in [3.63, 3.8) is 0 Å². The molecule has 7 nitrogen and oxygen atoms in total. The van der Waals surface area contributed by atoms with Crippen LogP contribution in [0.5, 0.6) is 0 Å². The first-order valence-corrected chi connectivity index (χ1v) is 17.2. The summed E-state index contributed by atoms with van der Waals surface area (Å²) in [5, 5.41) is 0. The van der Waals surface area contributed by atoms with Crippen molar-refractivity contribution in [3.05, 3.63) is 0 Å². The summed E-state index contributed by atoms with van der Waals surface area (Å²) < 4.78 is 26.6. The lowest BCUT2D eigenvalue weighted by atomic mass is 9.80. The van der Waals surface area contributed by atoms with Gasteiger partial charge < -0.3 is 36.1 Å². The predicted molar refractivity (Wildman–Crippen MR) is 180 cm³/mol. The average molecular weight is 602 g/mol. The van der Waals surface area contributed by atoms with E-state index in [1.165, 1.54) is 0 Å². The molecule has 0 radical (unpaired) electrons. The number of unbranched alkanes of at least 4 members (excludes halogenated alkanes) is 1. The van der Waals surface area contributed by atoms with Crippen LogP contribution in [0.1, 0.15) is 161 Å². The van der Waals surface area contributed by atoms with Crippen molar-refractivity contribution in [2.75, 3.05) is 13.2 Å². The minimum atomic E-state index is -0.757. The Hall–Kier alpha value is -0.280. The maximum Gasteiger partial charge on any atom is 0.115 e. The first-order valence-electron chi connectivity index (χ1n) is 17.2. The molecule has 6 N–H and O–H groups in total. The Morgan fingerprint density at radius 3 is 1.36 bits per heavy atom. The molecule has 0 saturated carbocycles. The van der Waals surface area contributed by atoms with Gasteiger partial charge in [0, 0.05) is 36.8 Å². The highest BCUT2D eigenvalue weighted by atomic mass is 16.5. The van der Waals surface area contributed by atoms with Gasteiger partial charge >= 0.3 is 0 Å². The van der Waals surface area contributed by atoms with Crippen molar-refractivity contribution >= 4 is 0 Å². The lowest BCUT2D eigenvalue weighted by molar-refractivity contribution is -0.164. The van der Waals surface area contributed by atoms with E-state index in [-0.39, 0.29) is 46.5 Å². The van der Waals surface area contributed by atoms with Crippen LogP contribution in [0.25, 0.3) is 0 Å². The second kappa shape index (κ2) is 18.6. The molecule has 0 fully saturated rings. The quantitative estimate of drug-likeness (QED) is 0.0913. The van der Waals surface area contributed by atoms with Gasteiger partial charge in [-0.05, 0) is 93.9 Å². The summed E-state index contributed by atoms with van der Waals surface area (Å²) in [4.78, 5) is 0. The van der Waals surface area contributed by atoms with E-state index in [0.717, 1.165) is 64.2 Å². The number of hydrogen-bond acceptors (Lipinski definition) is 7. The Morgan fingerprint density at radius 1 is 0.571 bits per heavy atom. The lowest BCUT2D eigenvalue weighted by Gasteiger charge is -2.42. The van der Waals surface area contributed by atoms with E-state index in [1.54, 1.807) is 0 Å². The lowest BCUT2D eigenvalue weighted by Crippen LogP contribution is -2.48. The van der Waals surface area contributed by atoms with Crippen LogP contribution in [0.15, 0.2) is 0 Å². The van der Waals surface area contributed by atoms with E-state index < -0.39 is 5.72 Å². The van der Waals surface area contributed by atoms with E-state index in [9.17, 15) is 0 Å². The van der Waals surface area contributed by atoms with E-state index in [1.807, 2.05) is 13.8 Å².